The molecule has 0 saturated carbocycles. The Morgan fingerprint density at radius 2 is 1.64 bits per heavy atom. The van der Waals surface area contributed by atoms with Gasteiger partial charge in [-0.15, -0.1) is 0 Å². The fourth-order valence-electron chi connectivity index (χ4n) is 3.59. The van der Waals surface area contributed by atoms with Crippen LogP contribution in [0.2, 0.25) is 0 Å². The fraction of sp³-hybridized carbons (Fsp3) is 0.400. The molecule has 0 aromatic heterocycles. The minimum atomic E-state index is -3.79. The molecule has 3 rings (SSSR count). The Labute approximate surface area is 167 Å². The molecule has 8 heteroatoms. The van der Waals surface area contributed by atoms with E-state index in [0.717, 1.165) is 18.4 Å². The Bertz CT molecular complexity index is 1050. The zero-order valence-electron chi connectivity index (χ0n) is 16.4. The molecule has 28 heavy (non-hydrogen) atoms. The number of sulfonamides is 2. The summed E-state index contributed by atoms with van der Waals surface area (Å²) in [6, 6.07) is 10.6. The Kier molecular flexibility index (Phi) is 5.72. The van der Waals surface area contributed by atoms with Crippen molar-refractivity contribution in [2.75, 3.05) is 21.3 Å². The van der Waals surface area contributed by atoms with Crippen LogP contribution in [0, 0.1) is 13.8 Å². The van der Waals surface area contributed by atoms with Gasteiger partial charge in [0.05, 0.1) is 16.3 Å². The molecule has 1 aliphatic heterocycles. The van der Waals surface area contributed by atoms with Gasteiger partial charge in [0.25, 0.3) is 10.0 Å². The van der Waals surface area contributed by atoms with Crippen molar-refractivity contribution in [1.29, 1.82) is 0 Å². The summed E-state index contributed by atoms with van der Waals surface area (Å²) < 4.78 is 54.7. The number of hydrogen-bond donors (Lipinski definition) is 1. The minimum Gasteiger partial charge on any atom is -0.280 e. The number of nitrogens with zero attached hydrogens (tertiary/aromatic N) is 1. The maximum atomic E-state index is 13.0. The van der Waals surface area contributed by atoms with E-state index in [1.807, 2.05) is 19.1 Å². The average Bonchev–Trinajstić information content (AvgIpc) is 2.60. The van der Waals surface area contributed by atoms with Gasteiger partial charge in [-0.3, -0.25) is 9.03 Å². The molecule has 0 bridgehead atoms. The largest absolute Gasteiger partial charge is 0.280 e. The van der Waals surface area contributed by atoms with Crippen LogP contribution in [0.3, 0.4) is 0 Å². The molecule has 0 amide bonds. The van der Waals surface area contributed by atoms with Gasteiger partial charge in [0, 0.05) is 12.2 Å². The van der Waals surface area contributed by atoms with Gasteiger partial charge in [0.1, 0.15) is 0 Å². The fourth-order valence-corrected chi connectivity index (χ4v) is 6.73. The average molecular weight is 423 g/mol. The van der Waals surface area contributed by atoms with Crippen LogP contribution in [-0.4, -0.2) is 29.1 Å². The second-order valence-corrected chi connectivity index (χ2v) is 10.8. The second-order valence-electron chi connectivity index (χ2n) is 7.16. The maximum absolute atomic E-state index is 13.0. The Morgan fingerprint density at radius 1 is 1.04 bits per heavy atom. The summed E-state index contributed by atoms with van der Waals surface area (Å²) in [6.45, 7) is 5.86. The van der Waals surface area contributed by atoms with Crippen molar-refractivity contribution in [2.45, 2.75) is 44.9 Å². The molecule has 1 aliphatic rings. The van der Waals surface area contributed by atoms with Crippen molar-refractivity contribution in [3.05, 3.63) is 53.1 Å². The van der Waals surface area contributed by atoms with Crippen LogP contribution < -0.4 is 9.03 Å². The van der Waals surface area contributed by atoms with Gasteiger partial charge in [0.2, 0.25) is 10.0 Å². The first kappa shape index (κ1) is 20.7. The van der Waals surface area contributed by atoms with Crippen molar-refractivity contribution in [3.8, 4) is 0 Å². The Balaban J connectivity index is 1.95. The minimum absolute atomic E-state index is 0.125. The van der Waals surface area contributed by atoms with E-state index in [2.05, 4.69) is 4.72 Å². The van der Waals surface area contributed by atoms with Crippen molar-refractivity contribution in [2.24, 2.45) is 0 Å². The van der Waals surface area contributed by atoms with E-state index in [-0.39, 0.29) is 10.6 Å². The summed E-state index contributed by atoms with van der Waals surface area (Å²) in [5.41, 5.74) is 3.20. The Morgan fingerprint density at radius 3 is 2.18 bits per heavy atom. The number of anilines is 2. The Hall–Kier alpha value is -2.06. The number of aryl methyl sites for hydroxylation is 3. The molecule has 2 aromatic rings. The summed E-state index contributed by atoms with van der Waals surface area (Å²) in [7, 11) is -7.13. The van der Waals surface area contributed by atoms with Crippen LogP contribution >= 0.6 is 0 Å². The lowest BCUT2D eigenvalue weighted by molar-refractivity contribution is 0.574. The highest BCUT2D eigenvalue weighted by Gasteiger charge is 2.28. The summed E-state index contributed by atoms with van der Waals surface area (Å²) >= 11 is 0. The van der Waals surface area contributed by atoms with Crippen LogP contribution in [0.5, 0.6) is 0 Å². The molecule has 0 unspecified atom stereocenters. The third-order valence-corrected chi connectivity index (χ3v) is 8.52. The van der Waals surface area contributed by atoms with Gasteiger partial charge >= 0.3 is 0 Å². The first-order valence-corrected chi connectivity index (χ1v) is 12.5. The predicted octanol–water partition coefficient (Wildman–Crippen LogP) is 3.60. The molecule has 1 N–H and O–H groups in total. The lowest BCUT2D eigenvalue weighted by Crippen LogP contribution is -2.38. The van der Waals surface area contributed by atoms with E-state index in [1.165, 1.54) is 4.31 Å². The third kappa shape index (κ3) is 4.17. The quantitative estimate of drug-likeness (QED) is 0.798. The van der Waals surface area contributed by atoms with Gasteiger partial charge in [-0.05, 0) is 74.1 Å². The van der Waals surface area contributed by atoms with Gasteiger partial charge in [-0.1, -0.05) is 19.1 Å². The van der Waals surface area contributed by atoms with Gasteiger partial charge in [-0.25, -0.2) is 16.8 Å². The third-order valence-electron chi connectivity index (χ3n) is 4.97. The number of rotatable bonds is 5. The summed E-state index contributed by atoms with van der Waals surface area (Å²) in [6.07, 6.45) is 2.34. The molecule has 1 fully saturated rings. The summed E-state index contributed by atoms with van der Waals surface area (Å²) in [4.78, 5) is 0.185. The molecule has 6 nitrogen and oxygen atoms in total. The molecule has 1 saturated heterocycles. The van der Waals surface area contributed by atoms with E-state index in [9.17, 15) is 16.8 Å². The SMILES string of the molecule is CCc1ccc(NS(=O)(=O)c2c(C)cc(N3CCCCS3(=O)=O)cc2C)cc1. The molecular weight excluding hydrogens is 396 g/mol. The molecule has 0 radical (unpaired) electrons. The van der Waals surface area contributed by atoms with Crippen molar-refractivity contribution < 1.29 is 16.8 Å². The van der Waals surface area contributed by atoms with E-state index in [1.54, 1.807) is 38.1 Å². The molecule has 0 spiro atoms. The molecule has 0 aliphatic carbocycles. The lowest BCUT2D eigenvalue weighted by Gasteiger charge is -2.29. The van der Waals surface area contributed by atoms with Crippen LogP contribution in [0.25, 0.3) is 0 Å². The number of benzene rings is 2. The molecule has 1 heterocycles. The summed E-state index contributed by atoms with van der Waals surface area (Å²) in [5.74, 6) is 0.125. The number of hydrogen-bond acceptors (Lipinski definition) is 4. The molecular formula is C20H26N2O4S2. The zero-order chi connectivity index (χ0) is 20.5. The highest BCUT2D eigenvalue weighted by Crippen LogP contribution is 2.31. The normalized spacial score (nSPS) is 16.8. The van der Waals surface area contributed by atoms with E-state index in [0.29, 0.717) is 35.5 Å². The smallest absolute Gasteiger partial charge is 0.262 e. The first-order valence-electron chi connectivity index (χ1n) is 9.37. The van der Waals surface area contributed by atoms with Crippen LogP contribution in [0.15, 0.2) is 41.3 Å². The highest BCUT2D eigenvalue weighted by atomic mass is 32.2. The van der Waals surface area contributed by atoms with Crippen LogP contribution in [0.1, 0.15) is 36.5 Å². The van der Waals surface area contributed by atoms with Crippen LogP contribution in [0.4, 0.5) is 11.4 Å². The van der Waals surface area contributed by atoms with Crippen LogP contribution in [-0.2, 0) is 26.5 Å². The predicted molar refractivity (Wildman–Crippen MR) is 113 cm³/mol. The lowest BCUT2D eigenvalue weighted by atomic mass is 10.1. The van der Waals surface area contributed by atoms with E-state index in [4.69, 9.17) is 0 Å². The second kappa shape index (κ2) is 7.75. The van der Waals surface area contributed by atoms with Gasteiger partial charge in [-0.2, -0.15) is 0 Å². The molecule has 2 aromatic carbocycles. The standard InChI is InChI=1S/C20H26N2O4S2/c1-4-17-7-9-18(10-8-17)21-28(25,26)20-15(2)13-19(14-16(20)3)22-11-5-6-12-27(22,23)24/h7-10,13-14,21H,4-6,11-12H2,1-3H3. The summed E-state index contributed by atoms with van der Waals surface area (Å²) in [5, 5.41) is 0. The van der Waals surface area contributed by atoms with Gasteiger partial charge < -0.3 is 0 Å². The van der Waals surface area contributed by atoms with Crippen molar-refractivity contribution in [1.82, 2.24) is 0 Å². The van der Waals surface area contributed by atoms with Gasteiger partial charge in [0.15, 0.2) is 0 Å². The maximum Gasteiger partial charge on any atom is 0.262 e. The number of nitrogens with one attached hydrogen (secondary N) is 1. The topological polar surface area (TPSA) is 83.6 Å². The van der Waals surface area contributed by atoms with E-state index < -0.39 is 20.0 Å². The van der Waals surface area contributed by atoms with E-state index >= 15 is 0 Å². The molecule has 0 atom stereocenters. The van der Waals surface area contributed by atoms with Crippen molar-refractivity contribution in [3.63, 3.8) is 0 Å². The zero-order valence-corrected chi connectivity index (χ0v) is 18.0. The van der Waals surface area contributed by atoms with Crippen molar-refractivity contribution >= 4 is 31.4 Å². The monoisotopic (exact) mass is 422 g/mol. The highest BCUT2D eigenvalue weighted by molar-refractivity contribution is 7.93. The molecule has 152 valence electrons. The first-order chi connectivity index (χ1) is 13.1.